The predicted molar refractivity (Wildman–Crippen MR) is 472 cm³/mol. The number of nitrogens with two attached hydrogens (primary N) is 1. The van der Waals surface area contributed by atoms with Crippen LogP contribution in [0.15, 0.2) is 78.9 Å². The number of nitrogens with zero attached hydrogens (tertiary/aromatic N) is 1. The number of ketones is 6. The molecule has 0 bridgehead atoms. The standard InChI is InChI=1S/C90H127N11O29S/c1-8-50(4)82(75(113)38-57(33-55-20-24-61(106)25-21-55)84(124)96-67(32-49(2)3)71(109)36-58(40-80(119)120)83(123)94-51(5)16-12-14-30-91)100-86(126)60(46-102)39-72(110)68(35-56-22-26-62(107)27-23-56)97-85(125)59(41-81(121)122)37-73(111)70(47-103)99-88(128)65(53(7)105)43-74(112)69(34-54-17-10-9-11-18-54)98-87(127)64(52(6)104)42-63(108)44-93-89(129)66(28-29-79(117)118)95-76(114)19-13-15-31-92-77(115)45-101-78(116)48-131-90(101)130/h9-11,17-18,20-27,49-53,57-60,64-70,82,102-107H,8,12-16,19,28-48,91H2,1-7H3,(H,92,115)(H,93,129)(H,94,123)(H,95,114)(H,96,124)(H,97,125)(H,98,127)(H,99,128)(H,100,126)(H,117,118)(H,119,120)(H,121,122)/t50-,51+,52+,53+,57+,58-,59-,60-,64-,65-,66-,67-,68-,69-,70-,82-/m0/s1. The van der Waals surface area contributed by atoms with E-state index in [9.17, 15) is 142 Å². The van der Waals surface area contributed by atoms with Crippen LogP contribution in [0.5, 0.6) is 11.5 Å². The van der Waals surface area contributed by atoms with E-state index in [1.807, 2.05) is 0 Å². The van der Waals surface area contributed by atoms with Crippen molar-refractivity contribution in [3.05, 3.63) is 95.6 Å². The summed E-state index contributed by atoms with van der Waals surface area (Å²) in [4.78, 5) is 271. The molecule has 41 heteroatoms. The van der Waals surface area contributed by atoms with Gasteiger partial charge in [0.2, 0.25) is 59.1 Å². The summed E-state index contributed by atoms with van der Waals surface area (Å²) in [7, 11) is 0. The summed E-state index contributed by atoms with van der Waals surface area (Å²) in [6.45, 7) is 7.63. The number of carboxylic acids is 3. The largest absolute Gasteiger partial charge is 0.508 e. The summed E-state index contributed by atoms with van der Waals surface area (Å²) in [5, 5.41) is 115. The molecule has 1 heterocycles. The number of aliphatic hydroxyl groups is 4. The normalized spacial score (nSPS) is 15.6. The Kier molecular flexibility index (Phi) is 48.9. The zero-order valence-electron chi connectivity index (χ0n) is 74.7. The van der Waals surface area contributed by atoms with E-state index in [0.29, 0.717) is 36.9 Å². The molecule has 1 aliphatic heterocycles. The number of hydrogen-bond donors (Lipinski definition) is 19. The Labute approximate surface area is 762 Å². The highest BCUT2D eigenvalue weighted by Crippen LogP contribution is 2.27. The topological polar surface area (TPSA) is 661 Å². The number of rotatable bonds is 65. The van der Waals surface area contributed by atoms with Crippen molar-refractivity contribution in [2.45, 2.75) is 238 Å². The zero-order valence-corrected chi connectivity index (χ0v) is 75.6. The van der Waals surface area contributed by atoms with Gasteiger partial charge in [-0.15, -0.1) is 0 Å². The van der Waals surface area contributed by atoms with Crippen LogP contribution in [0.3, 0.4) is 0 Å². The van der Waals surface area contributed by atoms with Crippen LogP contribution in [0, 0.1) is 47.3 Å². The third-order valence-electron chi connectivity index (χ3n) is 22.2. The van der Waals surface area contributed by atoms with Crippen molar-refractivity contribution in [2.75, 3.05) is 45.1 Å². The number of Topliss-reactive ketones (excluding diaryl/α,β-unsaturated/α-hetero) is 6. The van der Waals surface area contributed by atoms with Crippen LogP contribution in [0.25, 0.3) is 0 Å². The van der Waals surface area contributed by atoms with Gasteiger partial charge in [0.25, 0.3) is 5.24 Å². The molecular formula is C90H127N11O29S. The van der Waals surface area contributed by atoms with Crippen LogP contribution >= 0.6 is 11.8 Å². The van der Waals surface area contributed by atoms with Gasteiger partial charge in [0.15, 0.2) is 34.7 Å². The lowest BCUT2D eigenvalue weighted by Crippen LogP contribution is -2.52. The molecule has 1 aliphatic rings. The van der Waals surface area contributed by atoms with Crippen LogP contribution in [-0.2, 0) is 110 Å². The molecule has 1 fully saturated rings. The van der Waals surface area contributed by atoms with Crippen LogP contribution in [0.1, 0.15) is 181 Å². The third-order valence-corrected chi connectivity index (χ3v) is 23.1. The van der Waals surface area contributed by atoms with Gasteiger partial charge in [-0.25, -0.2) is 0 Å². The van der Waals surface area contributed by atoms with Gasteiger partial charge >= 0.3 is 17.9 Å². The molecular weight excluding hydrogens is 1730 g/mol. The average Bonchev–Trinajstić information content (AvgIpc) is 1.70. The third kappa shape index (κ3) is 40.6. The fourth-order valence-electron chi connectivity index (χ4n) is 14.4. The minimum Gasteiger partial charge on any atom is -0.508 e. The van der Waals surface area contributed by atoms with E-state index in [2.05, 4.69) is 47.9 Å². The number of carbonyl (C=O) groups excluding carboxylic acids is 17. The van der Waals surface area contributed by atoms with Gasteiger partial charge in [-0.2, -0.15) is 0 Å². The summed E-state index contributed by atoms with van der Waals surface area (Å²) in [5.41, 5.74) is 6.75. The second-order valence-electron chi connectivity index (χ2n) is 33.6. The maximum Gasteiger partial charge on any atom is 0.304 e. The minimum atomic E-state index is -2.00. The van der Waals surface area contributed by atoms with Crippen molar-refractivity contribution in [1.82, 2.24) is 52.8 Å². The van der Waals surface area contributed by atoms with E-state index in [4.69, 9.17) is 5.73 Å². The molecule has 4 rings (SSSR count). The summed E-state index contributed by atoms with van der Waals surface area (Å²) in [6.07, 6.45) is -9.77. The first-order valence-corrected chi connectivity index (χ1v) is 44.7. The second-order valence-corrected chi connectivity index (χ2v) is 34.5. The Morgan fingerprint density at radius 1 is 0.443 bits per heavy atom. The SMILES string of the molecule is CC[C@H](C)[C@H](NC(=O)[C@H](CO)CC(=O)[C@H](Cc1ccc(O)cc1)NC(=O)[C@H](CC(=O)O)CC(=O)[C@H](CO)NC(=O)[C@@H](CC(=O)[C@H](Cc1ccccc1)NC(=O)[C@@H](CC(=O)CNC(=O)[C@H](CCC(=O)O)NC(=O)CCCCNC(=O)CN1C(=O)CSC1=O)[C@@H](C)O)[C@@H](C)O)C(=O)C[C@@H](Cc1ccc(O)cc1)C(=O)N[C@@H](CC(C)C)C(=O)C[C@@H](CC(=O)O)C(=O)N[C@H](C)CCCCN. The van der Waals surface area contributed by atoms with Crippen molar-refractivity contribution < 1.29 is 142 Å². The smallest absolute Gasteiger partial charge is 0.304 e. The number of amides is 11. The number of aliphatic hydroxyl groups excluding tert-OH is 4. The van der Waals surface area contributed by atoms with Gasteiger partial charge in [-0.1, -0.05) is 107 Å². The molecule has 0 aliphatic carbocycles. The molecule has 0 saturated carbocycles. The van der Waals surface area contributed by atoms with E-state index in [0.717, 1.165) is 30.5 Å². The van der Waals surface area contributed by atoms with E-state index in [1.165, 1.54) is 48.5 Å². The first-order valence-electron chi connectivity index (χ1n) is 43.7. The Bertz CT molecular complexity index is 4400. The van der Waals surface area contributed by atoms with E-state index < -0.39 is 310 Å². The summed E-state index contributed by atoms with van der Waals surface area (Å²) < 4.78 is 0. The van der Waals surface area contributed by atoms with Gasteiger partial charge in [-0.05, 0) is 138 Å². The molecule has 0 aromatic heterocycles. The number of unbranched alkanes of at least 4 members (excludes halogenated alkanes) is 2. The van der Waals surface area contributed by atoms with Gasteiger partial charge in [0.1, 0.15) is 30.1 Å². The Balaban J connectivity index is 1.52. The minimum absolute atomic E-state index is 0.0226. The Morgan fingerprint density at radius 2 is 0.924 bits per heavy atom. The van der Waals surface area contributed by atoms with Gasteiger partial charge in [0.05, 0.1) is 104 Å². The highest BCUT2D eigenvalue weighted by molar-refractivity contribution is 8.14. The summed E-state index contributed by atoms with van der Waals surface area (Å²) in [6, 6.07) is 8.84. The molecule has 0 unspecified atom stereocenters. The van der Waals surface area contributed by atoms with Crippen LogP contribution in [0.2, 0.25) is 0 Å². The molecule has 0 radical (unpaired) electrons. The first-order chi connectivity index (χ1) is 61.9. The highest BCUT2D eigenvalue weighted by Gasteiger charge is 2.41. The van der Waals surface area contributed by atoms with Gasteiger partial charge in [-0.3, -0.25) is 101 Å². The maximum atomic E-state index is 14.8. The second kappa shape index (κ2) is 57.4. The number of aromatic hydroxyl groups is 2. The lowest BCUT2D eigenvalue weighted by atomic mass is 9.85. The van der Waals surface area contributed by atoms with E-state index in [-0.39, 0.29) is 80.2 Å². The average molecular weight is 1860 g/mol. The van der Waals surface area contributed by atoms with E-state index in [1.54, 1.807) is 65.0 Å². The van der Waals surface area contributed by atoms with Crippen molar-refractivity contribution in [3.63, 3.8) is 0 Å². The number of phenols is 2. The van der Waals surface area contributed by atoms with Crippen LogP contribution in [-0.4, -0.2) is 267 Å². The molecule has 11 amide bonds. The number of phenolic OH excluding ortho intramolecular Hbond substituents is 2. The molecule has 131 heavy (non-hydrogen) atoms. The molecule has 3 aromatic carbocycles. The molecule has 722 valence electrons. The zero-order chi connectivity index (χ0) is 97.9. The van der Waals surface area contributed by atoms with Crippen molar-refractivity contribution in [2.24, 2.45) is 53.1 Å². The number of carboxylic acid groups (broad SMARTS) is 3. The molecule has 40 nitrogen and oxygen atoms in total. The molecule has 1 saturated heterocycles. The quantitative estimate of drug-likeness (QED) is 0.0349. The molecule has 0 spiro atoms. The van der Waals surface area contributed by atoms with Gasteiger partial charge < -0.3 is 99.5 Å². The summed E-state index contributed by atoms with van der Waals surface area (Å²) >= 11 is 0.758. The van der Waals surface area contributed by atoms with Crippen LogP contribution in [0.4, 0.5) is 4.79 Å². The fourth-order valence-corrected chi connectivity index (χ4v) is 15.1. The van der Waals surface area contributed by atoms with Crippen molar-refractivity contribution in [1.29, 1.82) is 0 Å². The summed E-state index contributed by atoms with van der Waals surface area (Å²) in [5.74, 6) is -29.9. The lowest BCUT2D eigenvalue weighted by molar-refractivity contribution is -0.143. The Hall–Kier alpha value is -11.8. The highest BCUT2D eigenvalue weighted by atomic mass is 32.2. The fraction of sp³-hybridized carbons (Fsp3) is 0.578. The number of aliphatic carboxylic acids is 3. The number of hydrogen-bond acceptors (Lipinski definition) is 28. The van der Waals surface area contributed by atoms with Crippen LogP contribution < -0.4 is 53.6 Å². The monoisotopic (exact) mass is 1860 g/mol. The van der Waals surface area contributed by atoms with Crippen molar-refractivity contribution in [3.8, 4) is 11.5 Å². The number of nitrogens with one attached hydrogen (secondary N) is 9. The molecule has 20 N–H and O–H groups in total. The molecule has 16 atom stereocenters. The number of thioether (sulfide) groups is 1. The van der Waals surface area contributed by atoms with Crippen molar-refractivity contribution >= 4 is 129 Å². The van der Waals surface area contributed by atoms with E-state index >= 15 is 0 Å². The number of benzene rings is 3. The maximum absolute atomic E-state index is 14.8. The van der Waals surface area contributed by atoms with Gasteiger partial charge in [0, 0.05) is 69.9 Å². The number of carbonyl (C=O) groups is 20. The first kappa shape index (κ1) is 112. The molecule has 3 aromatic rings. The lowest BCUT2D eigenvalue weighted by Gasteiger charge is -2.28. The number of imide groups is 1. The predicted octanol–water partition coefficient (Wildman–Crippen LogP) is 0.871. The Morgan fingerprint density at radius 3 is 1.44 bits per heavy atom.